The molecule has 3 aromatic rings. The van der Waals surface area contributed by atoms with E-state index in [9.17, 15) is 4.79 Å². The summed E-state index contributed by atoms with van der Waals surface area (Å²) in [6, 6.07) is 17.5. The zero-order chi connectivity index (χ0) is 19.2. The van der Waals surface area contributed by atoms with Gasteiger partial charge in [0, 0.05) is 23.0 Å². The summed E-state index contributed by atoms with van der Waals surface area (Å²) >= 11 is 11.2. The molecule has 3 rings (SSSR count). The Labute approximate surface area is 168 Å². The van der Waals surface area contributed by atoms with Crippen LogP contribution in [0.15, 0.2) is 54.6 Å². The number of carbonyl (C=O) groups is 1. The number of rotatable bonds is 7. The molecule has 0 aliphatic carbocycles. The number of nitrogens with one attached hydrogen (secondary N) is 2. The molecule has 2 aromatic carbocycles. The van der Waals surface area contributed by atoms with Crippen LogP contribution in [-0.2, 0) is 11.3 Å². The first kappa shape index (κ1) is 19.3. The van der Waals surface area contributed by atoms with Crippen molar-refractivity contribution in [2.75, 3.05) is 6.54 Å². The van der Waals surface area contributed by atoms with E-state index in [4.69, 9.17) is 23.8 Å². The molecule has 0 radical (unpaired) electrons. The van der Waals surface area contributed by atoms with Crippen molar-refractivity contribution in [3.8, 4) is 11.4 Å². The number of benzene rings is 2. The van der Waals surface area contributed by atoms with E-state index in [0.29, 0.717) is 22.2 Å². The molecular formula is C20H21ClN4OS. The number of hydrogen-bond acceptors (Lipinski definition) is 3. The fraction of sp³-hybridized carbons (Fsp3) is 0.250. The Morgan fingerprint density at radius 3 is 2.59 bits per heavy atom. The van der Waals surface area contributed by atoms with Gasteiger partial charge in [0.15, 0.2) is 10.6 Å². The molecule has 1 atom stereocenters. The van der Waals surface area contributed by atoms with Gasteiger partial charge < -0.3 is 5.32 Å². The molecule has 0 aliphatic rings. The second-order valence-electron chi connectivity index (χ2n) is 6.27. The summed E-state index contributed by atoms with van der Waals surface area (Å²) in [7, 11) is 0. The summed E-state index contributed by atoms with van der Waals surface area (Å²) in [4.78, 5) is 12.5. The van der Waals surface area contributed by atoms with Crippen LogP contribution < -0.4 is 5.32 Å². The summed E-state index contributed by atoms with van der Waals surface area (Å²) in [6.07, 6.45) is 0.950. The van der Waals surface area contributed by atoms with E-state index in [1.807, 2.05) is 30.3 Å². The average molecular weight is 401 g/mol. The molecule has 1 aromatic heterocycles. The number of aromatic nitrogens is 3. The second kappa shape index (κ2) is 8.97. The fourth-order valence-electron chi connectivity index (χ4n) is 2.94. The van der Waals surface area contributed by atoms with Crippen molar-refractivity contribution in [2.45, 2.75) is 25.8 Å². The van der Waals surface area contributed by atoms with Gasteiger partial charge in [-0.2, -0.15) is 5.10 Å². The Bertz CT molecular complexity index is 950. The van der Waals surface area contributed by atoms with Gasteiger partial charge in [-0.05, 0) is 48.5 Å². The van der Waals surface area contributed by atoms with Crippen molar-refractivity contribution in [3.05, 3.63) is 70.0 Å². The molecule has 0 spiro atoms. The molecule has 0 unspecified atom stereocenters. The monoisotopic (exact) mass is 400 g/mol. The topological polar surface area (TPSA) is 62.7 Å². The molecule has 0 bridgehead atoms. The van der Waals surface area contributed by atoms with Gasteiger partial charge in [0.05, 0.1) is 0 Å². The summed E-state index contributed by atoms with van der Waals surface area (Å²) in [6.45, 7) is 2.81. The quantitative estimate of drug-likeness (QED) is 0.571. The van der Waals surface area contributed by atoms with Crippen molar-refractivity contribution in [3.63, 3.8) is 0 Å². The first-order valence-electron chi connectivity index (χ1n) is 8.81. The normalized spacial score (nSPS) is 11.9. The standard InChI is InChI=1S/C20H21ClN4OS/c1-2-14(15-6-4-3-5-7-15)12-22-18(26)13-25-19(23-24-20(25)27)16-8-10-17(21)11-9-16/h3-11,14H,2,12-13H2,1H3,(H,22,26)(H,24,27)/t14-/m1/s1. The van der Waals surface area contributed by atoms with E-state index in [1.54, 1.807) is 16.7 Å². The molecule has 140 valence electrons. The molecule has 0 fully saturated rings. The first-order chi connectivity index (χ1) is 13.1. The lowest BCUT2D eigenvalue weighted by atomic mass is 9.96. The molecule has 7 heteroatoms. The number of hydrogen-bond donors (Lipinski definition) is 2. The Kier molecular flexibility index (Phi) is 6.42. The first-order valence-corrected chi connectivity index (χ1v) is 9.60. The van der Waals surface area contributed by atoms with Crippen LogP contribution in [0.25, 0.3) is 11.4 Å². The van der Waals surface area contributed by atoms with Crippen molar-refractivity contribution in [1.29, 1.82) is 0 Å². The highest BCUT2D eigenvalue weighted by molar-refractivity contribution is 7.71. The maximum absolute atomic E-state index is 12.5. The molecule has 5 nitrogen and oxygen atoms in total. The van der Waals surface area contributed by atoms with E-state index >= 15 is 0 Å². The highest BCUT2D eigenvalue weighted by Crippen LogP contribution is 2.20. The summed E-state index contributed by atoms with van der Waals surface area (Å²) in [5.41, 5.74) is 2.07. The smallest absolute Gasteiger partial charge is 0.240 e. The van der Waals surface area contributed by atoms with Gasteiger partial charge in [0.1, 0.15) is 6.54 Å². The van der Waals surface area contributed by atoms with Crippen molar-refractivity contribution in [2.24, 2.45) is 0 Å². The van der Waals surface area contributed by atoms with Crippen molar-refractivity contribution in [1.82, 2.24) is 20.1 Å². The third-order valence-electron chi connectivity index (χ3n) is 4.47. The number of amides is 1. The van der Waals surface area contributed by atoms with E-state index < -0.39 is 0 Å². The van der Waals surface area contributed by atoms with Crippen LogP contribution in [0.4, 0.5) is 0 Å². The molecule has 0 saturated heterocycles. The summed E-state index contributed by atoms with van der Waals surface area (Å²) in [5, 5.41) is 10.7. The Balaban J connectivity index is 1.69. The van der Waals surface area contributed by atoms with Crippen LogP contribution in [0.3, 0.4) is 0 Å². The van der Waals surface area contributed by atoms with Crippen LogP contribution >= 0.6 is 23.8 Å². The van der Waals surface area contributed by atoms with E-state index in [-0.39, 0.29) is 18.4 Å². The molecule has 0 aliphatic heterocycles. The van der Waals surface area contributed by atoms with Gasteiger partial charge in [-0.3, -0.25) is 14.5 Å². The Morgan fingerprint density at radius 2 is 1.93 bits per heavy atom. The zero-order valence-electron chi connectivity index (χ0n) is 15.0. The van der Waals surface area contributed by atoms with Crippen molar-refractivity contribution < 1.29 is 4.79 Å². The van der Waals surface area contributed by atoms with E-state index in [1.165, 1.54) is 5.56 Å². The fourth-order valence-corrected chi connectivity index (χ4v) is 3.27. The van der Waals surface area contributed by atoms with Gasteiger partial charge in [-0.1, -0.05) is 48.9 Å². The predicted octanol–water partition coefficient (Wildman–Crippen LogP) is 4.57. The number of H-pyrrole nitrogens is 1. The van der Waals surface area contributed by atoms with E-state index in [2.05, 4.69) is 34.6 Å². The molecule has 1 amide bonds. The van der Waals surface area contributed by atoms with Gasteiger partial charge in [0.2, 0.25) is 5.91 Å². The number of aromatic amines is 1. The SMILES string of the molecule is CC[C@H](CNC(=O)Cn1c(-c2ccc(Cl)cc2)n[nH]c1=S)c1ccccc1. The van der Waals surface area contributed by atoms with Gasteiger partial charge in [-0.15, -0.1) is 0 Å². The summed E-state index contributed by atoms with van der Waals surface area (Å²) < 4.78 is 2.10. The van der Waals surface area contributed by atoms with Crippen LogP contribution in [-0.4, -0.2) is 27.2 Å². The molecular weight excluding hydrogens is 380 g/mol. The van der Waals surface area contributed by atoms with Gasteiger partial charge >= 0.3 is 0 Å². The Morgan fingerprint density at radius 1 is 1.22 bits per heavy atom. The third-order valence-corrected chi connectivity index (χ3v) is 5.04. The maximum Gasteiger partial charge on any atom is 0.240 e. The minimum atomic E-state index is -0.0999. The molecule has 0 saturated carbocycles. The van der Waals surface area contributed by atoms with E-state index in [0.717, 1.165) is 12.0 Å². The number of carbonyl (C=O) groups excluding carboxylic acids is 1. The second-order valence-corrected chi connectivity index (χ2v) is 7.09. The highest BCUT2D eigenvalue weighted by atomic mass is 35.5. The average Bonchev–Trinajstić information content (AvgIpc) is 3.04. The third kappa shape index (κ3) is 4.84. The van der Waals surface area contributed by atoms with Crippen LogP contribution in [0.1, 0.15) is 24.8 Å². The van der Waals surface area contributed by atoms with Gasteiger partial charge in [-0.25, -0.2) is 0 Å². The molecule has 2 N–H and O–H groups in total. The Hall–Kier alpha value is -2.44. The van der Waals surface area contributed by atoms with Crippen LogP contribution in [0.5, 0.6) is 0 Å². The van der Waals surface area contributed by atoms with Gasteiger partial charge in [0.25, 0.3) is 0 Å². The minimum Gasteiger partial charge on any atom is -0.354 e. The lowest BCUT2D eigenvalue weighted by Crippen LogP contribution is -2.31. The minimum absolute atomic E-state index is 0.0999. The zero-order valence-corrected chi connectivity index (χ0v) is 16.6. The largest absolute Gasteiger partial charge is 0.354 e. The van der Waals surface area contributed by atoms with Crippen LogP contribution in [0.2, 0.25) is 5.02 Å². The number of nitrogens with zero attached hydrogens (tertiary/aromatic N) is 2. The highest BCUT2D eigenvalue weighted by Gasteiger charge is 2.14. The molecule has 27 heavy (non-hydrogen) atoms. The maximum atomic E-state index is 12.5. The van der Waals surface area contributed by atoms with Crippen molar-refractivity contribution >= 4 is 29.7 Å². The molecule has 1 heterocycles. The lowest BCUT2D eigenvalue weighted by Gasteiger charge is -2.16. The number of halogens is 1. The predicted molar refractivity (Wildman–Crippen MR) is 110 cm³/mol. The summed E-state index contributed by atoms with van der Waals surface area (Å²) in [5.74, 6) is 0.794. The van der Waals surface area contributed by atoms with Crippen LogP contribution in [0, 0.1) is 4.77 Å². The lowest BCUT2D eigenvalue weighted by molar-refractivity contribution is -0.121.